The number of carbonyl (C=O) groups is 1. The van der Waals surface area contributed by atoms with E-state index in [9.17, 15) is 23.9 Å². The molecule has 4 aromatic rings. The van der Waals surface area contributed by atoms with Gasteiger partial charge in [0, 0.05) is 40.1 Å². The second-order valence-corrected chi connectivity index (χ2v) is 10.1. The van der Waals surface area contributed by atoms with Gasteiger partial charge in [-0.15, -0.1) is 0 Å². The molecule has 0 spiro atoms. The van der Waals surface area contributed by atoms with Gasteiger partial charge in [0.15, 0.2) is 11.6 Å². The van der Waals surface area contributed by atoms with Crippen LogP contribution in [0.25, 0.3) is 27.5 Å². The molecule has 2 aromatic heterocycles. The smallest absolute Gasteiger partial charge is 0.306 e. The number of nitrogens with one attached hydrogen (secondary N) is 1. The van der Waals surface area contributed by atoms with Gasteiger partial charge in [-0.1, -0.05) is 13.8 Å². The summed E-state index contributed by atoms with van der Waals surface area (Å²) in [7, 11) is 0. The second kappa shape index (κ2) is 8.49. The summed E-state index contributed by atoms with van der Waals surface area (Å²) in [6.07, 6.45) is 4.48. The first-order valence-corrected chi connectivity index (χ1v) is 11.8. The van der Waals surface area contributed by atoms with Crippen molar-refractivity contribution in [3.05, 3.63) is 59.4 Å². The van der Waals surface area contributed by atoms with E-state index in [0.717, 1.165) is 39.1 Å². The Morgan fingerprint density at radius 3 is 2.60 bits per heavy atom. The van der Waals surface area contributed by atoms with E-state index in [1.165, 1.54) is 6.07 Å². The highest BCUT2D eigenvalue weighted by atomic mass is 19.2. The van der Waals surface area contributed by atoms with E-state index in [1.54, 1.807) is 12.3 Å². The first-order chi connectivity index (χ1) is 16.7. The van der Waals surface area contributed by atoms with E-state index in [4.69, 9.17) is 0 Å². The summed E-state index contributed by atoms with van der Waals surface area (Å²) in [5, 5.41) is 28.1. The normalized spacial score (nSPS) is 18.7. The van der Waals surface area contributed by atoms with Gasteiger partial charge in [-0.2, -0.15) is 10.4 Å². The Morgan fingerprint density at radius 1 is 1.20 bits per heavy atom. The van der Waals surface area contributed by atoms with E-state index < -0.39 is 23.0 Å². The summed E-state index contributed by atoms with van der Waals surface area (Å²) >= 11 is 0. The van der Waals surface area contributed by atoms with Gasteiger partial charge in [0.25, 0.3) is 0 Å². The van der Waals surface area contributed by atoms with E-state index in [2.05, 4.69) is 16.3 Å². The third kappa shape index (κ3) is 3.85. The fourth-order valence-electron chi connectivity index (χ4n) is 5.63. The minimum atomic E-state index is -0.943. The van der Waals surface area contributed by atoms with Crippen LogP contribution in [0.3, 0.4) is 0 Å². The standard InChI is InChI=1S/C27H26F2N4O2/c1-27(2,9-10-30)25-24(15-3-5-16(6-4-15)26(34)35)19-13-22-17(14-31-32-22)11-23(19)33(25)18-7-8-20(28)21(29)12-18/h7-8,11-16H,3-6,9H2,1-2H3,(H,31,32)(H,34,35)/t15-,16+. The molecule has 1 fully saturated rings. The van der Waals surface area contributed by atoms with Crippen LogP contribution in [0.1, 0.15) is 63.1 Å². The summed E-state index contributed by atoms with van der Waals surface area (Å²) in [4.78, 5) is 11.6. The molecule has 0 radical (unpaired) electrons. The monoisotopic (exact) mass is 476 g/mol. The molecule has 0 amide bonds. The largest absolute Gasteiger partial charge is 0.481 e. The van der Waals surface area contributed by atoms with Crippen LogP contribution in [-0.2, 0) is 10.2 Å². The zero-order valence-electron chi connectivity index (χ0n) is 19.6. The predicted molar refractivity (Wildman–Crippen MR) is 128 cm³/mol. The lowest BCUT2D eigenvalue weighted by atomic mass is 9.74. The number of aliphatic carboxylic acids is 1. The lowest BCUT2D eigenvalue weighted by Crippen LogP contribution is -2.26. The van der Waals surface area contributed by atoms with E-state index in [1.807, 2.05) is 30.5 Å². The topological polar surface area (TPSA) is 94.7 Å². The number of aromatic amines is 1. The molecule has 2 N–H and O–H groups in total. The fourth-order valence-corrected chi connectivity index (χ4v) is 5.63. The van der Waals surface area contributed by atoms with Gasteiger partial charge in [-0.05, 0) is 61.4 Å². The van der Waals surface area contributed by atoms with Crippen molar-refractivity contribution in [1.29, 1.82) is 5.26 Å². The number of benzene rings is 2. The van der Waals surface area contributed by atoms with Gasteiger partial charge in [0.1, 0.15) is 0 Å². The van der Waals surface area contributed by atoms with Crippen molar-refractivity contribution in [2.45, 2.75) is 57.3 Å². The van der Waals surface area contributed by atoms with Gasteiger partial charge in [0.05, 0.1) is 29.2 Å². The average molecular weight is 477 g/mol. The number of carboxylic acids is 1. The number of nitrogens with zero attached hydrogens (tertiary/aromatic N) is 3. The number of fused-ring (bicyclic) bond motifs is 2. The maximum atomic E-state index is 14.4. The minimum Gasteiger partial charge on any atom is -0.481 e. The predicted octanol–water partition coefficient (Wildman–Crippen LogP) is 6.33. The molecule has 0 bridgehead atoms. The molecule has 0 saturated heterocycles. The molecule has 2 heterocycles. The SMILES string of the molecule is CC(C)(CC#N)c1c([C@H]2CC[C@@H](C(=O)O)CC2)c2cc3[nH]ncc3cc2n1-c1ccc(F)c(F)c1. The van der Waals surface area contributed by atoms with Crippen molar-refractivity contribution in [3.8, 4) is 11.8 Å². The Labute approximate surface area is 201 Å². The number of hydrogen-bond donors (Lipinski definition) is 2. The van der Waals surface area contributed by atoms with Crippen LogP contribution in [0, 0.1) is 28.9 Å². The summed E-state index contributed by atoms with van der Waals surface area (Å²) < 4.78 is 30.2. The van der Waals surface area contributed by atoms with E-state index in [0.29, 0.717) is 31.4 Å². The van der Waals surface area contributed by atoms with Gasteiger partial charge < -0.3 is 9.67 Å². The minimum absolute atomic E-state index is 0.0768. The lowest BCUT2D eigenvalue weighted by Gasteiger charge is -2.32. The van der Waals surface area contributed by atoms with Crippen molar-refractivity contribution in [3.63, 3.8) is 0 Å². The lowest BCUT2D eigenvalue weighted by molar-refractivity contribution is -0.142. The van der Waals surface area contributed by atoms with Gasteiger partial charge in [0.2, 0.25) is 0 Å². The first kappa shape index (κ1) is 23.0. The van der Waals surface area contributed by atoms with Crippen molar-refractivity contribution in [1.82, 2.24) is 14.8 Å². The molecule has 0 unspecified atom stereocenters. The Hall–Kier alpha value is -3.73. The van der Waals surface area contributed by atoms with Gasteiger partial charge >= 0.3 is 5.97 Å². The molecule has 1 saturated carbocycles. The second-order valence-electron chi connectivity index (χ2n) is 10.1. The number of rotatable bonds is 5. The molecule has 1 aliphatic carbocycles. The Morgan fingerprint density at radius 2 is 1.94 bits per heavy atom. The molecule has 1 aliphatic rings. The third-order valence-electron chi connectivity index (χ3n) is 7.37. The summed E-state index contributed by atoms with van der Waals surface area (Å²) in [6, 6.07) is 10.1. The number of carboxylic acid groups (broad SMARTS) is 1. The molecule has 2 aromatic carbocycles. The number of aromatic nitrogens is 3. The molecule has 0 atom stereocenters. The zero-order chi connectivity index (χ0) is 24.9. The number of nitriles is 1. The van der Waals surface area contributed by atoms with Gasteiger partial charge in [-0.25, -0.2) is 8.78 Å². The molecule has 5 rings (SSSR count). The van der Waals surface area contributed by atoms with Crippen molar-refractivity contribution < 1.29 is 18.7 Å². The highest BCUT2D eigenvalue weighted by Crippen LogP contribution is 2.47. The zero-order valence-corrected chi connectivity index (χ0v) is 19.6. The van der Waals surface area contributed by atoms with Crippen LogP contribution < -0.4 is 0 Å². The summed E-state index contributed by atoms with van der Waals surface area (Å²) in [6.45, 7) is 3.97. The Balaban J connectivity index is 1.84. The van der Waals surface area contributed by atoms with Crippen LogP contribution in [0.5, 0.6) is 0 Å². The molecule has 35 heavy (non-hydrogen) atoms. The van der Waals surface area contributed by atoms with Crippen LogP contribution in [0.15, 0.2) is 36.5 Å². The third-order valence-corrected chi connectivity index (χ3v) is 7.37. The molecular formula is C27H26F2N4O2. The first-order valence-electron chi connectivity index (χ1n) is 11.8. The molecular weight excluding hydrogens is 450 g/mol. The van der Waals surface area contributed by atoms with Crippen LogP contribution in [-0.4, -0.2) is 25.8 Å². The van der Waals surface area contributed by atoms with Crippen molar-refractivity contribution >= 4 is 27.8 Å². The summed E-state index contributed by atoms with van der Waals surface area (Å²) in [5.41, 5.74) is 3.46. The average Bonchev–Trinajstić information content (AvgIpc) is 3.41. The van der Waals surface area contributed by atoms with E-state index >= 15 is 0 Å². The number of hydrogen-bond acceptors (Lipinski definition) is 3. The Bertz CT molecular complexity index is 1490. The van der Waals surface area contributed by atoms with Crippen LogP contribution in [0.4, 0.5) is 8.78 Å². The number of halogens is 2. The maximum absolute atomic E-state index is 14.4. The van der Waals surface area contributed by atoms with Crippen LogP contribution in [0.2, 0.25) is 0 Å². The van der Waals surface area contributed by atoms with Crippen molar-refractivity contribution in [2.24, 2.45) is 5.92 Å². The number of H-pyrrole nitrogens is 1. The molecule has 8 heteroatoms. The van der Waals surface area contributed by atoms with E-state index in [-0.39, 0.29) is 18.3 Å². The molecule has 6 nitrogen and oxygen atoms in total. The van der Waals surface area contributed by atoms with Gasteiger partial charge in [-0.3, -0.25) is 9.89 Å². The fraction of sp³-hybridized carbons (Fsp3) is 0.370. The quantitative estimate of drug-likeness (QED) is 0.352. The van der Waals surface area contributed by atoms with Crippen molar-refractivity contribution in [2.75, 3.05) is 0 Å². The highest BCUT2D eigenvalue weighted by molar-refractivity contribution is 5.99. The Kier molecular flexibility index (Phi) is 5.59. The van der Waals surface area contributed by atoms with Crippen LogP contribution >= 0.6 is 0 Å². The molecule has 0 aliphatic heterocycles. The molecule has 180 valence electrons. The highest BCUT2D eigenvalue weighted by Gasteiger charge is 2.36. The maximum Gasteiger partial charge on any atom is 0.306 e. The summed E-state index contributed by atoms with van der Waals surface area (Å²) in [5.74, 6) is -2.92.